The second kappa shape index (κ2) is 4.32. The number of benzene rings is 1. The van der Waals surface area contributed by atoms with Crippen LogP contribution in [-0.2, 0) is 9.59 Å². The lowest BCUT2D eigenvalue weighted by Gasteiger charge is -2.08. The zero-order valence-corrected chi connectivity index (χ0v) is 9.03. The Labute approximate surface area is 96.7 Å². The summed E-state index contributed by atoms with van der Waals surface area (Å²) in [4.78, 5) is 25.8. The van der Waals surface area contributed by atoms with Gasteiger partial charge in [-0.1, -0.05) is 18.2 Å². The molecule has 1 aromatic carbocycles. The van der Waals surface area contributed by atoms with Crippen molar-refractivity contribution in [2.75, 3.05) is 0 Å². The van der Waals surface area contributed by atoms with E-state index in [4.69, 9.17) is 0 Å². The minimum absolute atomic E-state index is 0.0516. The van der Waals surface area contributed by atoms with Crippen LogP contribution in [0.4, 0.5) is 4.39 Å². The maximum atomic E-state index is 13.4. The van der Waals surface area contributed by atoms with Crippen molar-refractivity contribution in [3.63, 3.8) is 0 Å². The number of nitrogens with zero attached hydrogens (tertiary/aromatic N) is 1. The molecule has 0 aromatic heterocycles. The first-order chi connectivity index (χ1) is 8.08. The van der Waals surface area contributed by atoms with E-state index < -0.39 is 17.9 Å². The number of guanidine groups is 1. The molecule has 2 rings (SSSR count). The molecule has 0 saturated carbocycles. The van der Waals surface area contributed by atoms with Gasteiger partial charge in [-0.05, 0) is 13.0 Å². The molecule has 88 valence electrons. The van der Waals surface area contributed by atoms with E-state index in [1.54, 1.807) is 25.1 Å². The van der Waals surface area contributed by atoms with Crippen molar-refractivity contribution in [1.82, 2.24) is 10.6 Å². The molecule has 1 heterocycles. The lowest BCUT2D eigenvalue weighted by atomic mass is 10.1. The van der Waals surface area contributed by atoms with Gasteiger partial charge in [0.1, 0.15) is 5.82 Å². The van der Waals surface area contributed by atoms with Gasteiger partial charge in [0.05, 0.1) is 6.04 Å². The number of rotatable bonds is 2. The van der Waals surface area contributed by atoms with E-state index in [2.05, 4.69) is 15.6 Å². The summed E-state index contributed by atoms with van der Waals surface area (Å²) in [7, 11) is 0. The molecule has 1 unspecified atom stereocenters. The van der Waals surface area contributed by atoms with Gasteiger partial charge in [-0.3, -0.25) is 20.2 Å². The molecule has 1 saturated heterocycles. The predicted octanol–water partition coefficient (Wildman–Crippen LogP) is 0.489. The van der Waals surface area contributed by atoms with Gasteiger partial charge >= 0.3 is 11.8 Å². The van der Waals surface area contributed by atoms with E-state index in [-0.39, 0.29) is 11.8 Å². The van der Waals surface area contributed by atoms with Crippen LogP contribution in [0.5, 0.6) is 0 Å². The molecule has 1 aliphatic rings. The van der Waals surface area contributed by atoms with E-state index in [1.807, 2.05) is 0 Å². The summed E-state index contributed by atoms with van der Waals surface area (Å²) in [6.45, 7) is 1.67. The molecular weight excluding hydrogens is 225 g/mol. The van der Waals surface area contributed by atoms with Gasteiger partial charge in [-0.15, -0.1) is 0 Å². The molecule has 17 heavy (non-hydrogen) atoms. The average molecular weight is 235 g/mol. The molecule has 0 radical (unpaired) electrons. The molecule has 5 nitrogen and oxygen atoms in total. The Morgan fingerprint density at radius 1 is 1.18 bits per heavy atom. The second-order valence-electron chi connectivity index (χ2n) is 3.58. The van der Waals surface area contributed by atoms with Gasteiger partial charge in [0.15, 0.2) is 0 Å². The first kappa shape index (κ1) is 11.3. The van der Waals surface area contributed by atoms with E-state index in [0.29, 0.717) is 5.56 Å². The highest BCUT2D eigenvalue weighted by atomic mass is 19.1. The Hall–Kier alpha value is -2.24. The minimum Gasteiger partial charge on any atom is -0.288 e. The smallest absolute Gasteiger partial charge is 0.288 e. The number of halogens is 1. The highest BCUT2D eigenvalue weighted by Gasteiger charge is 2.25. The summed E-state index contributed by atoms with van der Waals surface area (Å²) in [6, 6.07) is 5.71. The van der Waals surface area contributed by atoms with Crippen LogP contribution in [0.15, 0.2) is 29.3 Å². The minimum atomic E-state index is -0.760. The molecule has 1 fully saturated rings. The van der Waals surface area contributed by atoms with Crippen molar-refractivity contribution in [1.29, 1.82) is 0 Å². The number of carbonyl (C=O) groups is 2. The predicted molar refractivity (Wildman–Crippen MR) is 58.5 cm³/mol. The molecule has 1 aromatic rings. The second-order valence-corrected chi connectivity index (χ2v) is 3.58. The van der Waals surface area contributed by atoms with Crippen molar-refractivity contribution in [2.45, 2.75) is 13.0 Å². The largest absolute Gasteiger partial charge is 0.316 e. The van der Waals surface area contributed by atoms with Crippen LogP contribution in [0.1, 0.15) is 18.5 Å². The molecule has 2 N–H and O–H groups in total. The monoisotopic (exact) mass is 235 g/mol. The third kappa shape index (κ3) is 2.30. The van der Waals surface area contributed by atoms with Crippen molar-refractivity contribution in [2.24, 2.45) is 4.99 Å². The SMILES string of the molecule is CC(N=C1NC(=O)C(=O)N1)c1ccccc1F. The van der Waals surface area contributed by atoms with Crippen LogP contribution >= 0.6 is 0 Å². The molecule has 2 amide bonds. The fraction of sp³-hybridized carbons (Fsp3) is 0.182. The Bertz CT molecular complexity index is 495. The molecule has 0 aliphatic carbocycles. The highest BCUT2D eigenvalue weighted by Crippen LogP contribution is 2.19. The summed E-state index contributed by atoms with van der Waals surface area (Å²) < 4.78 is 13.4. The van der Waals surface area contributed by atoms with Crippen molar-refractivity contribution < 1.29 is 14.0 Å². The molecular formula is C11H10FN3O2. The Morgan fingerprint density at radius 2 is 1.76 bits per heavy atom. The lowest BCUT2D eigenvalue weighted by molar-refractivity contribution is -0.135. The van der Waals surface area contributed by atoms with Crippen LogP contribution in [0.25, 0.3) is 0 Å². The fourth-order valence-corrected chi connectivity index (χ4v) is 1.50. The topological polar surface area (TPSA) is 70.6 Å². The first-order valence-corrected chi connectivity index (χ1v) is 5.02. The summed E-state index contributed by atoms with van der Waals surface area (Å²) in [5.41, 5.74) is 0.399. The van der Waals surface area contributed by atoms with E-state index in [1.165, 1.54) is 6.07 Å². The number of hydrogen-bond acceptors (Lipinski definition) is 3. The van der Waals surface area contributed by atoms with E-state index in [9.17, 15) is 14.0 Å². The maximum absolute atomic E-state index is 13.4. The third-order valence-corrected chi connectivity index (χ3v) is 2.35. The summed E-state index contributed by atoms with van der Waals surface area (Å²) in [5.74, 6) is -1.84. The number of hydrogen-bond donors (Lipinski definition) is 2. The fourth-order valence-electron chi connectivity index (χ4n) is 1.50. The molecule has 0 bridgehead atoms. The van der Waals surface area contributed by atoms with Gasteiger partial charge in [0.25, 0.3) is 0 Å². The average Bonchev–Trinajstić information content (AvgIpc) is 2.58. The van der Waals surface area contributed by atoms with Crippen LogP contribution in [0.2, 0.25) is 0 Å². The molecule has 1 aliphatic heterocycles. The summed E-state index contributed by atoms with van der Waals surface area (Å²) in [5, 5.41) is 4.50. The molecule has 6 heteroatoms. The zero-order chi connectivity index (χ0) is 12.4. The molecule has 0 spiro atoms. The van der Waals surface area contributed by atoms with Crippen molar-refractivity contribution >= 4 is 17.8 Å². The first-order valence-electron chi connectivity index (χ1n) is 5.02. The number of aliphatic imine (C=N–C) groups is 1. The Morgan fingerprint density at radius 3 is 2.35 bits per heavy atom. The van der Waals surface area contributed by atoms with E-state index >= 15 is 0 Å². The maximum Gasteiger partial charge on any atom is 0.316 e. The third-order valence-electron chi connectivity index (χ3n) is 2.35. The van der Waals surface area contributed by atoms with Crippen LogP contribution in [0.3, 0.4) is 0 Å². The Balaban J connectivity index is 2.20. The van der Waals surface area contributed by atoms with Gasteiger partial charge < -0.3 is 0 Å². The van der Waals surface area contributed by atoms with Gasteiger partial charge in [0, 0.05) is 5.56 Å². The summed E-state index contributed by atoms with van der Waals surface area (Å²) >= 11 is 0. The van der Waals surface area contributed by atoms with Gasteiger partial charge in [-0.25, -0.2) is 9.38 Å². The highest BCUT2D eigenvalue weighted by molar-refractivity contribution is 6.45. The van der Waals surface area contributed by atoms with Crippen LogP contribution < -0.4 is 10.6 Å². The lowest BCUT2D eigenvalue weighted by Crippen LogP contribution is -2.26. The number of amides is 2. The number of carbonyl (C=O) groups excluding carboxylic acids is 2. The van der Waals surface area contributed by atoms with Gasteiger partial charge in [-0.2, -0.15) is 0 Å². The zero-order valence-electron chi connectivity index (χ0n) is 9.03. The standard InChI is InChI=1S/C11H10FN3O2/c1-6(7-4-2-3-5-8(7)12)13-11-14-9(16)10(17)15-11/h2-6H,1H3,(H2,13,14,15,16,17). The molecule has 1 atom stereocenters. The van der Waals surface area contributed by atoms with E-state index in [0.717, 1.165) is 0 Å². The summed E-state index contributed by atoms with van der Waals surface area (Å²) in [6.07, 6.45) is 0. The normalized spacial score (nSPS) is 16.5. The van der Waals surface area contributed by atoms with Crippen LogP contribution in [0, 0.1) is 5.82 Å². The Kier molecular flexibility index (Phi) is 2.86. The van der Waals surface area contributed by atoms with Crippen LogP contribution in [-0.4, -0.2) is 17.8 Å². The van der Waals surface area contributed by atoms with Crippen molar-refractivity contribution in [3.05, 3.63) is 35.6 Å². The van der Waals surface area contributed by atoms with Crippen molar-refractivity contribution in [3.8, 4) is 0 Å². The number of nitrogens with one attached hydrogen (secondary N) is 2. The van der Waals surface area contributed by atoms with Gasteiger partial charge in [0.2, 0.25) is 5.96 Å². The quantitative estimate of drug-likeness (QED) is 0.732.